The first-order valence-electron chi connectivity index (χ1n) is 5.95. The third-order valence-electron chi connectivity index (χ3n) is 3.39. The van der Waals surface area contributed by atoms with Crippen molar-refractivity contribution in [2.45, 2.75) is 9.93 Å². The Morgan fingerprint density at radius 3 is 2.25 bits per heavy atom. The molecule has 2 atom stereocenters. The van der Waals surface area contributed by atoms with Gasteiger partial charge in [0.25, 0.3) is 0 Å². The lowest BCUT2D eigenvalue weighted by atomic mass is 9.89. The van der Waals surface area contributed by atoms with Gasteiger partial charge in [-0.1, -0.05) is 71.7 Å². The summed E-state index contributed by atoms with van der Waals surface area (Å²) in [5.74, 6) is -0.869. The number of hydrogen-bond donors (Lipinski definition) is 1. The Morgan fingerprint density at radius 1 is 1.00 bits per heavy atom. The van der Waals surface area contributed by atoms with Crippen LogP contribution in [0.4, 0.5) is 0 Å². The van der Waals surface area contributed by atoms with E-state index in [1.165, 1.54) is 0 Å². The molecular weight excluding hydrogens is 299 g/mol. The van der Waals surface area contributed by atoms with Gasteiger partial charge in [-0.15, -0.1) is 0 Å². The molecule has 102 valence electrons. The standard InChI is InChI=1S/C15H10Cl2O3/c16-14(13(18)19)11-8-4-5-9-12(11)20-15(14,17)10-6-2-1-3-7-10/h1-9H,(H,18,19). The molecule has 0 fully saturated rings. The Kier molecular flexibility index (Phi) is 2.92. The summed E-state index contributed by atoms with van der Waals surface area (Å²) in [5.41, 5.74) is 0.850. The molecule has 0 radical (unpaired) electrons. The lowest BCUT2D eigenvalue weighted by Crippen LogP contribution is -2.46. The second-order valence-electron chi connectivity index (χ2n) is 4.52. The van der Waals surface area contributed by atoms with E-state index in [1.807, 2.05) is 6.07 Å². The number of carbonyl (C=O) groups is 1. The largest absolute Gasteiger partial charge is 0.480 e. The highest BCUT2D eigenvalue weighted by Crippen LogP contribution is 2.59. The number of carboxylic acids is 1. The maximum Gasteiger partial charge on any atom is 0.335 e. The molecule has 0 bridgehead atoms. The lowest BCUT2D eigenvalue weighted by molar-refractivity contribution is -0.143. The summed E-state index contributed by atoms with van der Waals surface area (Å²) in [6.07, 6.45) is 0. The van der Waals surface area contributed by atoms with E-state index in [0.29, 0.717) is 16.9 Å². The van der Waals surface area contributed by atoms with Crippen LogP contribution in [0.2, 0.25) is 0 Å². The van der Waals surface area contributed by atoms with Gasteiger partial charge in [0.05, 0.1) is 0 Å². The van der Waals surface area contributed by atoms with E-state index in [2.05, 4.69) is 0 Å². The quantitative estimate of drug-likeness (QED) is 0.861. The molecule has 2 aromatic carbocycles. The Morgan fingerprint density at radius 2 is 1.60 bits per heavy atom. The minimum Gasteiger partial charge on any atom is -0.480 e. The third kappa shape index (κ3) is 1.57. The van der Waals surface area contributed by atoms with Gasteiger partial charge in [0, 0.05) is 11.1 Å². The zero-order valence-electron chi connectivity index (χ0n) is 10.2. The van der Waals surface area contributed by atoms with Crippen LogP contribution in [0, 0.1) is 0 Å². The summed E-state index contributed by atoms with van der Waals surface area (Å²) in [6, 6.07) is 15.4. The van der Waals surface area contributed by atoms with Crippen LogP contribution in [0.25, 0.3) is 0 Å². The van der Waals surface area contributed by atoms with Crippen LogP contribution in [0.3, 0.4) is 0 Å². The first-order chi connectivity index (χ1) is 9.50. The summed E-state index contributed by atoms with van der Waals surface area (Å²) in [5, 5.41) is 7.93. The monoisotopic (exact) mass is 308 g/mol. The average Bonchev–Trinajstić information content (AvgIpc) is 2.71. The van der Waals surface area contributed by atoms with Crippen LogP contribution < -0.4 is 4.74 Å². The molecular formula is C15H10Cl2O3. The number of hydrogen-bond acceptors (Lipinski definition) is 2. The molecule has 3 rings (SSSR count). The van der Waals surface area contributed by atoms with Gasteiger partial charge >= 0.3 is 5.97 Å². The molecule has 0 saturated carbocycles. The Labute approximate surface area is 125 Å². The van der Waals surface area contributed by atoms with E-state index in [-0.39, 0.29) is 0 Å². The number of benzene rings is 2. The molecule has 0 aromatic heterocycles. The number of fused-ring (bicyclic) bond motifs is 1. The number of carboxylic acid groups (broad SMARTS) is 1. The van der Waals surface area contributed by atoms with Gasteiger partial charge in [0.15, 0.2) is 0 Å². The number of ether oxygens (including phenoxy) is 1. The maximum atomic E-state index is 11.8. The predicted molar refractivity (Wildman–Crippen MR) is 76.2 cm³/mol. The Balaban J connectivity index is 2.26. The van der Waals surface area contributed by atoms with Crippen LogP contribution >= 0.6 is 23.2 Å². The van der Waals surface area contributed by atoms with Crippen molar-refractivity contribution in [2.24, 2.45) is 0 Å². The highest BCUT2D eigenvalue weighted by Gasteiger charge is 2.65. The first kappa shape index (κ1) is 13.3. The van der Waals surface area contributed by atoms with Crippen molar-refractivity contribution in [1.82, 2.24) is 0 Å². The van der Waals surface area contributed by atoms with Crippen molar-refractivity contribution >= 4 is 29.2 Å². The van der Waals surface area contributed by atoms with Gasteiger partial charge in [0.2, 0.25) is 9.93 Å². The predicted octanol–water partition coefficient (Wildman–Crippen LogP) is 3.69. The van der Waals surface area contributed by atoms with Gasteiger partial charge in [-0.25, -0.2) is 4.79 Å². The Hall–Kier alpha value is -1.71. The van der Waals surface area contributed by atoms with E-state index in [1.54, 1.807) is 48.5 Å². The highest BCUT2D eigenvalue weighted by atomic mass is 35.5. The molecule has 0 amide bonds. The highest BCUT2D eigenvalue weighted by molar-refractivity contribution is 6.42. The van der Waals surface area contributed by atoms with Crippen molar-refractivity contribution in [3.05, 3.63) is 65.7 Å². The van der Waals surface area contributed by atoms with Gasteiger partial charge in [-0.2, -0.15) is 0 Å². The molecule has 20 heavy (non-hydrogen) atoms. The summed E-state index contributed by atoms with van der Waals surface area (Å²) < 4.78 is 5.71. The van der Waals surface area contributed by atoms with E-state index in [4.69, 9.17) is 27.9 Å². The maximum absolute atomic E-state index is 11.8. The molecule has 0 saturated heterocycles. The van der Waals surface area contributed by atoms with Crippen LogP contribution in [0.5, 0.6) is 5.75 Å². The van der Waals surface area contributed by atoms with Crippen molar-refractivity contribution < 1.29 is 14.6 Å². The van der Waals surface area contributed by atoms with Gasteiger partial charge in [-0.3, -0.25) is 0 Å². The van der Waals surface area contributed by atoms with Crippen molar-refractivity contribution in [2.75, 3.05) is 0 Å². The summed E-state index contributed by atoms with van der Waals surface area (Å²) in [4.78, 5) is 9.90. The van der Waals surface area contributed by atoms with Crippen LogP contribution in [0.15, 0.2) is 54.6 Å². The number of aliphatic carboxylic acids is 1. The molecule has 0 spiro atoms. The lowest BCUT2D eigenvalue weighted by Gasteiger charge is -2.32. The molecule has 1 aliphatic rings. The molecule has 2 unspecified atom stereocenters. The summed E-state index contributed by atoms with van der Waals surface area (Å²) in [7, 11) is 0. The number of halogens is 2. The van der Waals surface area contributed by atoms with Gasteiger partial charge < -0.3 is 9.84 Å². The fourth-order valence-electron chi connectivity index (χ4n) is 2.40. The van der Waals surface area contributed by atoms with E-state index in [0.717, 1.165) is 0 Å². The molecule has 5 heteroatoms. The average molecular weight is 309 g/mol. The second kappa shape index (κ2) is 4.40. The normalized spacial score (nSPS) is 27.7. The molecule has 2 aromatic rings. The number of alkyl halides is 2. The van der Waals surface area contributed by atoms with Crippen LogP contribution in [0.1, 0.15) is 11.1 Å². The minimum absolute atomic E-state index is 0.355. The molecule has 3 nitrogen and oxygen atoms in total. The van der Waals surface area contributed by atoms with Gasteiger partial charge in [-0.05, 0) is 6.07 Å². The zero-order chi connectivity index (χ0) is 14.4. The minimum atomic E-state index is -1.88. The van der Waals surface area contributed by atoms with E-state index < -0.39 is 15.9 Å². The topological polar surface area (TPSA) is 46.5 Å². The summed E-state index contributed by atoms with van der Waals surface area (Å²) >= 11 is 12.9. The Bertz CT molecular complexity index is 674. The summed E-state index contributed by atoms with van der Waals surface area (Å²) in [6.45, 7) is 0. The third-order valence-corrected chi connectivity index (χ3v) is 4.70. The molecule has 0 aliphatic carbocycles. The first-order valence-corrected chi connectivity index (χ1v) is 6.71. The number of para-hydroxylation sites is 1. The molecule has 1 heterocycles. The SMILES string of the molecule is O=C(O)C1(Cl)c2ccccc2OC1(Cl)c1ccccc1. The smallest absolute Gasteiger partial charge is 0.335 e. The second-order valence-corrected chi connectivity index (χ2v) is 5.62. The van der Waals surface area contributed by atoms with Crippen LogP contribution in [-0.4, -0.2) is 11.1 Å². The number of rotatable bonds is 2. The zero-order valence-corrected chi connectivity index (χ0v) is 11.7. The van der Waals surface area contributed by atoms with E-state index in [9.17, 15) is 9.90 Å². The van der Waals surface area contributed by atoms with Crippen LogP contribution in [-0.2, 0) is 14.7 Å². The van der Waals surface area contributed by atoms with Crippen molar-refractivity contribution in [1.29, 1.82) is 0 Å². The molecule has 1 aliphatic heterocycles. The van der Waals surface area contributed by atoms with Crippen molar-refractivity contribution in [3.8, 4) is 5.75 Å². The molecule has 1 N–H and O–H groups in total. The van der Waals surface area contributed by atoms with Gasteiger partial charge in [0.1, 0.15) is 5.75 Å². The van der Waals surface area contributed by atoms with E-state index >= 15 is 0 Å². The fraction of sp³-hybridized carbons (Fsp3) is 0.133. The van der Waals surface area contributed by atoms with Crippen molar-refractivity contribution in [3.63, 3.8) is 0 Å². The fourth-order valence-corrected chi connectivity index (χ4v) is 3.09.